The topological polar surface area (TPSA) is 98.2 Å². The van der Waals surface area contributed by atoms with Crippen LogP contribution in [-0.2, 0) is 23.0 Å². The van der Waals surface area contributed by atoms with Gasteiger partial charge in [-0.2, -0.15) is 0 Å². The highest BCUT2D eigenvalue weighted by atomic mass is 32.2. The van der Waals surface area contributed by atoms with Crippen LogP contribution in [0.25, 0.3) is 0 Å². The number of nitrogens with one attached hydrogen (secondary N) is 1. The molecule has 2 rings (SSSR count). The Hall–Kier alpha value is -1.70. The average molecular weight is 295 g/mol. The van der Waals surface area contributed by atoms with Crippen molar-refractivity contribution < 1.29 is 12.8 Å². The Labute approximate surface area is 118 Å². The molecule has 0 aliphatic heterocycles. The van der Waals surface area contributed by atoms with E-state index in [4.69, 9.17) is 10.2 Å². The van der Waals surface area contributed by atoms with Crippen LogP contribution < -0.4 is 10.5 Å². The molecule has 0 spiro atoms. The van der Waals surface area contributed by atoms with Gasteiger partial charge in [-0.25, -0.2) is 13.1 Å². The Bertz CT molecular complexity index is 665. The Balaban J connectivity index is 2.02. The molecule has 2 aromatic heterocycles. The summed E-state index contributed by atoms with van der Waals surface area (Å²) < 4.78 is 32.1. The van der Waals surface area contributed by atoms with Gasteiger partial charge in [-0.1, -0.05) is 0 Å². The molecule has 2 aromatic rings. The first-order valence-corrected chi connectivity index (χ1v) is 7.69. The van der Waals surface area contributed by atoms with E-state index in [0.717, 1.165) is 5.56 Å². The molecule has 0 atom stereocenters. The summed E-state index contributed by atoms with van der Waals surface area (Å²) in [7, 11) is -3.57. The molecule has 0 unspecified atom stereocenters. The Morgan fingerprint density at radius 2 is 2.05 bits per heavy atom. The van der Waals surface area contributed by atoms with Crippen LogP contribution in [0.5, 0.6) is 0 Å². The lowest BCUT2D eigenvalue weighted by atomic mass is 10.2. The van der Waals surface area contributed by atoms with Gasteiger partial charge in [0, 0.05) is 25.0 Å². The zero-order valence-electron chi connectivity index (χ0n) is 11.2. The van der Waals surface area contributed by atoms with Crippen LogP contribution in [0.4, 0.5) is 0 Å². The van der Waals surface area contributed by atoms with Crippen molar-refractivity contribution in [2.75, 3.05) is 6.54 Å². The van der Waals surface area contributed by atoms with Crippen LogP contribution in [0.2, 0.25) is 0 Å². The Kier molecular flexibility index (Phi) is 4.53. The van der Waals surface area contributed by atoms with Gasteiger partial charge in [0.15, 0.2) is 0 Å². The molecule has 7 heteroatoms. The van der Waals surface area contributed by atoms with E-state index in [-0.39, 0.29) is 11.4 Å². The smallest absolute Gasteiger partial charge is 0.244 e. The lowest BCUT2D eigenvalue weighted by Gasteiger charge is -2.05. The highest BCUT2D eigenvalue weighted by Gasteiger charge is 2.20. The molecule has 0 radical (unpaired) electrons. The SMILES string of the molecule is Cc1oc(CN)cc1S(=O)(=O)NCCc1ccncc1. The molecular weight excluding hydrogens is 278 g/mol. The maximum atomic E-state index is 12.1. The van der Waals surface area contributed by atoms with E-state index in [2.05, 4.69) is 9.71 Å². The van der Waals surface area contributed by atoms with Gasteiger partial charge in [0.25, 0.3) is 0 Å². The normalized spacial score (nSPS) is 11.7. The minimum Gasteiger partial charge on any atom is -0.464 e. The van der Waals surface area contributed by atoms with Gasteiger partial charge in [-0.15, -0.1) is 0 Å². The fourth-order valence-electron chi connectivity index (χ4n) is 1.85. The number of hydrogen-bond donors (Lipinski definition) is 2. The highest BCUT2D eigenvalue weighted by Crippen LogP contribution is 2.19. The van der Waals surface area contributed by atoms with E-state index in [1.165, 1.54) is 6.07 Å². The molecule has 2 heterocycles. The number of hydrogen-bond acceptors (Lipinski definition) is 5. The number of rotatable bonds is 6. The van der Waals surface area contributed by atoms with Crippen LogP contribution in [0.1, 0.15) is 17.1 Å². The van der Waals surface area contributed by atoms with Crippen molar-refractivity contribution >= 4 is 10.0 Å². The number of nitrogens with two attached hydrogens (primary N) is 1. The molecule has 0 bridgehead atoms. The number of sulfonamides is 1. The van der Waals surface area contributed by atoms with E-state index in [1.807, 2.05) is 12.1 Å². The first-order chi connectivity index (χ1) is 9.53. The number of pyridine rings is 1. The summed E-state index contributed by atoms with van der Waals surface area (Å²) in [6.45, 7) is 2.10. The lowest BCUT2D eigenvalue weighted by Crippen LogP contribution is -2.26. The quantitative estimate of drug-likeness (QED) is 0.827. The van der Waals surface area contributed by atoms with E-state index < -0.39 is 10.0 Å². The van der Waals surface area contributed by atoms with E-state index in [0.29, 0.717) is 24.5 Å². The predicted octanol–water partition coefficient (Wildman–Crippen LogP) is 0.963. The second-order valence-corrected chi connectivity index (χ2v) is 6.08. The van der Waals surface area contributed by atoms with Crippen molar-refractivity contribution in [2.45, 2.75) is 24.8 Å². The Morgan fingerprint density at radius 3 is 2.65 bits per heavy atom. The van der Waals surface area contributed by atoms with Gasteiger partial charge in [-0.3, -0.25) is 4.98 Å². The van der Waals surface area contributed by atoms with Gasteiger partial charge < -0.3 is 10.2 Å². The minimum absolute atomic E-state index is 0.146. The van der Waals surface area contributed by atoms with Crippen molar-refractivity contribution in [1.29, 1.82) is 0 Å². The van der Waals surface area contributed by atoms with E-state index in [9.17, 15) is 8.42 Å². The van der Waals surface area contributed by atoms with Gasteiger partial charge >= 0.3 is 0 Å². The van der Waals surface area contributed by atoms with Gasteiger partial charge in [0.2, 0.25) is 10.0 Å². The van der Waals surface area contributed by atoms with Gasteiger partial charge in [-0.05, 0) is 31.0 Å². The van der Waals surface area contributed by atoms with Crippen LogP contribution >= 0.6 is 0 Å². The molecule has 0 aliphatic carbocycles. The van der Waals surface area contributed by atoms with E-state index in [1.54, 1.807) is 19.3 Å². The summed E-state index contributed by atoms with van der Waals surface area (Å²) in [6, 6.07) is 5.16. The van der Waals surface area contributed by atoms with Crippen LogP contribution in [0.15, 0.2) is 39.9 Å². The van der Waals surface area contributed by atoms with Crippen molar-refractivity contribution in [2.24, 2.45) is 5.73 Å². The van der Waals surface area contributed by atoms with Crippen LogP contribution in [-0.4, -0.2) is 19.9 Å². The van der Waals surface area contributed by atoms with Crippen molar-refractivity contribution in [3.05, 3.63) is 47.7 Å². The number of aryl methyl sites for hydroxylation is 1. The van der Waals surface area contributed by atoms with Crippen molar-refractivity contribution in [3.8, 4) is 0 Å². The number of aromatic nitrogens is 1. The Morgan fingerprint density at radius 1 is 1.35 bits per heavy atom. The summed E-state index contributed by atoms with van der Waals surface area (Å²) >= 11 is 0. The van der Waals surface area contributed by atoms with Crippen LogP contribution in [0.3, 0.4) is 0 Å². The van der Waals surface area contributed by atoms with Gasteiger partial charge in [0.1, 0.15) is 16.4 Å². The third-order valence-electron chi connectivity index (χ3n) is 2.87. The zero-order valence-corrected chi connectivity index (χ0v) is 12.0. The first-order valence-electron chi connectivity index (χ1n) is 6.21. The maximum absolute atomic E-state index is 12.1. The molecule has 0 aromatic carbocycles. The monoisotopic (exact) mass is 295 g/mol. The highest BCUT2D eigenvalue weighted by molar-refractivity contribution is 7.89. The summed E-state index contributed by atoms with van der Waals surface area (Å²) in [5, 5.41) is 0. The first kappa shape index (κ1) is 14.7. The predicted molar refractivity (Wildman–Crippen MR) is 74.5 cm³/mol. The summed E-state index contributed by atoms with van der Waals surface area (Å²) in [5.41, 5.74) is 6.46. The van der Waals surface area contributed by atoms with Crippen LogP contribution in [0, 0.1) is 6.92 Å². The second kappa shape index (κ2) is 6.17. The molecule has 0 amide bonds. The average Bonchev–Trinajstić information content (AvgIpc) is 2.82. The molecular formula is C13H17N3O3S. The largest absolute Gasteiger partial charge is 0.464 e. The molecule has 20 heavy (non-hydrogen) atoms. The third kappa shape index (κ3) is 3.44. The molecule has 3 N–H and O–H groups in total. The number of furan rings is 1. The molecule has 0 saturated carbocycles. The third-order valence-corrected chi connectivity index (χ3v) is 4.44. The minimum atomic E-state index is -3.57. The number of nitrogens with zero attached hydrogens (tertiary/aromatic N) is 1. The fraction of sp³-hybridized carbons (Fsp3) is 0.308. The maximum Gasteiger partial charge on any atom is 0.244 e. The summed E-state index contributed by atoms with van der Waals surface area (Å²) in [5.74, 6) is 0.805. The molecule has 0 fully saturated rings. The van der Waals surface area contributed by atoms with Gasteiger partial charge in [0.05, 0.1) is 6.54 Å². The lowest BCUT2D eigenvalue weighted by molar-refractivity contribution is 0.478. The second-order valence-electron chi connectivity index (χ2n) is 4.34. The molecule has 0 saturated heterocycles. The van der Waals surface area contributed by atoms with Crippen molar-refractivity contribution in [1.82, 2.24) is 9.71 Å². The molecule has 6 nitrogen and oxygen atoms in total. The van der Waals surface area contributed by atoms with Crippen molar-refractivity contribution in [3.63, 3.8) is 0 Å². The molecule has 108 valence electrons. The summed E-state index contributed by atoms with van der Waals surface area (Å²) in [4.78, 5) is 4.06. The van der Waals surface area contributed by atoms with E-state index >= 15 is 0 Å². The molecule has 0 aliphatic rings. The summed E-state index contributed by atoms with van der Waals surface area (Å²) in [6.07, 6.45) is 3.96. The zero-order chi connectivity index (χ0) is 14.6. The standard InChI is InChI=1S/C13H17N3O3S/c1-10-13(8-12(9-14)19-10)20(17,18)16-7-4-11-2-5-15-6-3-11/h2-3,5-6,8,16H,4,7,9,14H2,1H3. The fourth-order valence-corrected chi connectivity index (χ4v) is 3.08.